The second-order valence-electron chi connectivity index (χ2n) is 3.91. The maximum atomic E-state index is 9.52. The highest BCUT2D eigenvalue weighted by molar-refractivity contribution is 9.09. The SMILES string of the molecule is CCCN(CCN(C)C)CC(O)CBr. The predicted molar refractivity (Wildman–Crippen MR) is 65.1 cm³/mol. The lowest BCUT2D eigenvalue weighted by molar-refractivity contribution is 0.125. The van der Waals surface area contributed by atoms with Gasteiger partial charge in [0.15, 0.2) is 0 Å². The molecule has 1 unspecified atom stereocenters. The van der Waals surface area contributed by atoms with Crippen LogP contribution >= 0.6 is 15.9 Å². The number of nitrogens with zero attached hydrogens (tertiary/aromatic N) is 2. The molecule has 0 spiro atoms. The third kappa shape index (κ3) is 7.74. The summed E-state index contributed by atoms with van der Waals surface area (Å²) in [6.45, 7) is 6.09. The van der Waals surface area contributed by atoms with Crippen LogP contribution in [0.2, 0.25) is 0 Å². The van der Waals surface area contributed by atoms with Crippen LogP contribution in [0.25, 0.3) is 0 Å². The maximum absolute atomic E-state index is 9.52. The van der Waals surface area contributed by atoms with Crippen molar-refractivity contribution in [1.82, 2.24) is 9.80 Å². The van der Waals surface area contributed by atoms with Gasteiger partial charge < -0.3 is 10.0 Å². The summed E-state index contributed by atoms with van der Waals surface area (Å²) < 4.78 is 0. The lowest BCUT2D eigenvalue weighted by Crippen LogP contribution is -2.38. The molecule has 4 heteroatoms. The Morgan fingerprint density at radius 1 is 1.21 bits per heavy atom. The van der Waals surface area contributed by atoms with Crippen molar-refractivity contribution in [2.75, 3.05) is 45.6 Å². The minimum Gasteiger partial charge on any atom is -0.391 e. The zero-order chi connectivity index (χ0) is 11.0. The van der Waals surface area contributed by atoms with Crippen LogP contribution < -0.4 is 0 Å². The largest absolute Gasteiger partial charge is 0.391 e. The van der Waals surface area contributed by atoms with E-state index in [0.29, 0.717) is 5.33 Å². The smallest absolute Gasteiger partial charge is 0.0763 e. The van der Waals surface area contributed by atoms with Crippen LogP contribution in [0.5, 0.6) is 0 Å². The normalized spacial score (nSPS) is 13.9. The summed E-state index contributed by atoms with van der Waals surface area (Å²) in [5.41, 5.74) is 0. The first kappa shape index (κ1) is 14.4. The molecule has 0 bridgehead atoms. The molecule has 0 aromatic heterocycles. The molecule has 0 amide bonds. The average molecular weight is 267 g/mol. The van der Waals surface area contributed by atoms with Crippen molar-refractivity contribution >= 4 is 15.9 Å². The molecule has 0 aromatic carbocycles. The van der Waals surface area contributed by atoms with Gasteiger partial charge in [0.1, 0.15) is 0 Å². The fraction of sp³-hybridized carbons (Fsp3) is 1.00. The third-order valence-corrected chi connectivity index (χ3v) is 2.80. The van der Waals surface area contributed by atoms with Gasteiger partial charge in [0.25, 0.3) is 0 Å². The number of hydrogen-bond acceptors (Lipinski definition) is 3. The van der Waals surface area contributed by atoms with Crippen LogP contribution in [-0.2, 0) is 0 Å². The van der Waals surface area contributed by atoms with Crippen molar-refractivity contribution in [2.45, 2.75) is 19.4 Å². The molecule has 0 saturated carbocycles. The zero-order valence-electron chi connectivity index (χ0n) is 9.54. The molecular formula is C10H23BrN2O. The lowest BCUT2D eigenvalue weighted by Gasteiger charge is -2.25. The summed E-state index contributed by atoms with van der Waals surface area (Å²) in [5.74, 6) is 0. The molecule has 0 fully saturated rings. The number of aliphatic hydroxyl groups excluding tert-OH is 1. The van der Waals surface area contributed by atoms with Crippen molar-refractivity contribution in [1.29, 1.82) is 0 Å². The molecular weight excluding hydrogens is 244 g/mol. The van der Waals surface area contributed by atoms with E-state index in [1.807, 2.05) is 0 Å². The van der Waals surface area contributed by atoms with Crippen LogP contribution in [0.15, 0.2) is 0 Å². The topological polar surface area (TPSA) is 26.7 Å². The number of halogens is 1. The average Bonchev–Trinajstić information content (AvgIpc) is 2.14. The van der Waals surface area contributed by atoms with Crippen molar-refractivity contribution < 1.29 is 5.11 Å². The van der Waals surface area contributed by atoms with Crippen molar-refractivity contribution in [2.24, 2.45) is 0 Å². The quantitative estimate of drug-likeness (QED) is 0.665. The molecule has 0 heterocycles. The summed E-state index contributed by atoms with van der Waals surface area (Å²) in [6, 6.07) is 0. The van der Waals surface area contributed by atoms with Gasteiger partial charge in [-0.3, -0.25) is 4.90 Å². The van der Waals surface area contributed by atoms with E-state index in [2.05, 4.69) is 46.7 Å². The van der Waals surface area contributed by atoms with E-state index in [4.69, 9.17) is 0 Å². The second-order valence-corrected chi connectivity index (χ2v) is 4.56. The molecule has 0 aliphatic heterocycles. The van der Waals surface area contributed by atoms with Crippen LogP contribution in [0.1, 0.15) is 13.3 Å². The monoisotopic (exact) mass is 266 g/mol. The van der Waals surface area contributed by atoms with E-state index in [1.165, 1.54) is 0 Å². The highest BCUT2D eigenvalue weighted by Gasteiger charge is 2.09. The Morgan fingerprint density at radius 2 is 1.86 bits per heavy atom. The van der Waals surface area contributed by atoms with Gasteiger partial charge in [0.2, 0.25) is 0 Å². The van der Waals surface area contributed by atoms with Crippen LogP contribution in [0.4, 0.5) is 0 Å². The first-order valence-corrected chi connectivity index (χ1v) is 6.33. The van der Waals surface area contributed by atoms with Gasteiger partial charge in [-0.05, 0) is 27.1 Å². The van der Waals surface area contributed by atoms with Gasteiger partial charge in [0.05, 0.1) is 6.10 Å². The minimum atomic E-state index is -0.247. The van der Waals surface area contributed by atoms with Crippen LogP contribution in [0, 0.1) is 0 Å². The van der Waals surface area contributed by atoms with E-state index in [0.717, 1.165) is 32.6 Å². The van der Waals surface area contributed by atoms with Gasteiger partial charge in [0, 0.05) is 25.0 Å². The molecule has 0 aromatic rings. The van der Waals surface area contributed by atoms with Gasteiger partial charge in [-0.15, -0.1) is 0 Å². The van der Waals surface area contributed by atoms with Crippen molar-refractivity contribution in [3.05, 3.63) is 0 Å². The fourth-order valence-electron chi connectivity index (χ4n) is 1.30. The summed E-state index contributed by atoms with van der Waals surface area (Å²) in [6.07, 6.45) is 0.895. The Labute approximate surface area is 96.2 Å². The Kier molecular flexibility index (Phi) is 8.87. The fourth-order valence-corrected chi connectivity index (χ4v) is 1.50. The lowest BCUT2D eigenvalue weighted by atomic mass is 10.3. The minimum absolute atomic E-state index is 0.247. The first-order chi connectivity index (χ1) is 6.60. The van der Waals surface area contributed by atoms with E-state index in [1.54, 1.807) is 0 Å². The maximum Gasteiger partial charge on any atom is 0.0763 e. The highest BCUT2D eigenvalue weighted by Crippen LogP contribution is 1.98. The van der Waals surface area contributed by atoms with E-state index in [9.17, 15) is 5.11 Å². The Morgan fingerprint density at radius 3 is 2.29 bits per heavy atom. The molecule has 3 nitrogen and oxygen atoms in total. The number of aliphatic hydroxyl groups is 1. The van der Waals surface area contributed by atoms with Gasteiger partial charge in [-0.2, -0.15) is 0 Å². The van der Waals surface area contributed by atoms with Gasteiger partial charge in [-0.1, -0.05) is 22.9 Å². The summed E-state index contributed by atoms with van der Waals surface area (Å²) in [5, 5.41) is 10.2. The number of alkyl halides is 1. The molecule has 0 rings (SSSR count). The molecule has 0 aliphatic carbocycles. The molecule has 1 N–H and O–H groups in total. The molecule has 86 valence electrons. The van der Waals surface area contributed by atoms with E-state index < -0.39 is 0 Å². The predicted octanol–water partition coefficient (Wildman–Crippen LogP) is 1.02. The van der Waals surface area contributed by atoms with Crippen LogP contribution in [0.3, 0.4) is 0 Å². The van der Waals surface area contributed by atoms with Gasteiger partial charge >= 0.3 is 0 Å². The van der Waals surface area contributed by atoms with Gasteiger partial charge in [-0.25, -0.2) is 0 Å². The Bertz CT molecular complexity index is 133. The van der Waals surface area contributed by atoms with E-state index in [-0.39, 0.29) is 6.10 Å². The molecule has 14 heavy (non-hydrogen) atoms. The molecule has 0 aliphatic rings. The standard InChI is InChI=1S/C10H23BrN2O/c1-4-5-13(7-6-12(2)3)9-10(14)8-11/h10,14H,4-9H2,1-3H3. The Balaban J connectivity index is 3.76. The third-order valence-electron chi connectivity index (χ3n) is 2.05. The summed E-state index contributed by atoms with van der Waals surface area (Å²) >= 11 is 3.29. The van der Waals surface area contributed by atoms with Crippen molar-refractivity contribution in [3.8, 4) is 0 Å². The van der Waals surface area contributed by atoms with Crippen molar-refractivity contribution in [3.63, 3.8) is 0 Å². The zero-order valence-corrected chi connectivity index (χ0v) is 11.1. The molecule has 0 radical (unpaired) electrons. The number of rotatable bonds is 8. The molecule has 0 saturated heterocycles. The van der Waals surface area contributed by atoms with E-state index >= 15 is 0 Å². The summed E-state index contributed by atoms with van der Waals surface area (Å²) in [7, 11) is 4.15. The first-order valence-electron chi connectivity index (χ1n) is 5.21. The highest BCUT2D eigenvalue weighted by atomic mass is 79.9. The summed E-state index contributed by atoms with van der Waals surface area (Å²) in [4.78, 5) is 4.48. The second kappa shape index (κ2) is 8.65. The Hall–Kier alpha value is 0.360. The number of hydrogen-bond donors (Lipinski definition) is 1. The van der Waals surface area contributed by atoms with Crippen LogP contribution in [-0.4, -0.2) is 66.6 Å². The molecule has 1 atom stereocenters. The number of likely N-dealkylation sites (N-methyl/N-ethyl adjacent to an activating group) is 1.